The summed E-state index contributed by atoms with van der Waals surface area (Å²) >= 11 is 0. The van der Waals surface area contributed by atoms with Crippen LogP contribution in [-0.4, -0.2) is 12.9 Å². The number of carbonyl (C=O) groups is 1. The number of benzene rings is 1. The normalized spacial score (nSPS) is 10.1. The Kier molecular flexibility index (Phi) is 3.72. The van der Waals surface area contributed by atoms with Gasteiger partial charge in [0.25, 0.3) is 0 Å². The van der Waals surface area contributed by atoms with Crippen molar-refractivity contribution in [3.63, 3.8) is 0 Å². The van der Waals surface area contributed by atoms with E-state index in [4.69, 9.17) is 4.74 Å². The molecular weight excluding hydrogens is 226 g/mol. The molecule has 1 heterocycles. The maximum absolute atomic E-state index is 12.1. The van der Waals surface area contributed by atoms with Crippen LogP contribution in [0.1, 0.15) is 16.1 Å². The van der Waals surface area contributed by atoms with Crippen LogP contribution in [0.3, 0.4) is 0 Å². The minimum Gasteiger partial charge on any atom is -0.491 e. The molecule has 3 nitrogen and oxygen atoms in total. The number of Topliss-reactive ketones (excluding diaryl/α,β-unsaturated/α-hetero) is 1. The van der Waals surface area contributed by atoms with E-state index in [0.29, 0.717) is 6.54 Å². The van der Waals surface area contributed by atoms with Crippen molar-refractivity contribution < 1.29 is 14.1 Å². The lowest BCUT2D eigenvalue weighted by atomic mass is 10.1. The highest BCUT2D eigenvalue weighted by Crippen LogP contribution is 2.07. The predicted molar refractivity (Wildman–Crippen MR) is 68.7 cm³/mol. The van der Waals surface area contributed by atoms with E-state index in [1.807, 2.05) is 60.2 Å². The van der Waals surface area contributed by atoms with E-state index in [1.54, 1.807) is 7.11 Å². The van der Waals surface area contributed by atoms with Crippen molar-refractivity contribution in [3.05, 3.63) is 59.9 Å². The highest BCUT2D eigenvalue weighted by molar-refractivity contribution is 5.94. The standard InChI is InChI=1S/C15H16NO2/c1-12-8-9-14(18-2)10-16(12)11-15(17)13-6-4-3-5-7-13/h3-10H,11H2,1-2H3/q+1. The second-order valence-corrected chi connectivity index (χ2v) is 4.13. The van der Waals surface area contributed by atoms with Gasteiger partial charge in [0, 0.05) is 18.6 Å². The van der Waals surface area contributed by atoms with Crippen molar-refractivity contribution in [2.45, 2.75) is 13.5 Å². The molecule has 2 aromatic rings. The van der Waals surface area contributed by atoms with Crippen LogP contribution in [0.5, 0.6) is 5.75 Å². The summed E-state index contributed by atoms with van der Waals surface area (Å²) < 4.78 is 7.06. The summed E-state index contributed by atoms with van der Waals surface area (Å²) in [6.45, 7) is 2.30. The number of pyridine rings is 1. The molecule has 0 N–H and O–H groups in total. The van der Waals surface area contributed by atoms with Gasteiger partial charge in [0.15, 0.2) is 11.4 Å². The first-order chi connectivity index (χ1) is 8.70. The average Bonchev–Trinajstić information content (AvgIpc) is 2.42. The third kappa shape index (κ3) is 2.74. The molecule has 1 aromatic heterocycles. The van der Waals surface area contributed by atoms with Gasteiger partial charge in [-0.3, -0.25) is 4.79 Å². The van der Waals surface area contributed by atoms with Gasteiger partial charge in [0.1, 0.15) is 0 Å². The minimum atomic E-state index is 0.0944. The number of ketones is 1. The maximum Gasteiger partial charge on any atom is 0.227 e. The fourth-order valence-electron chi connectivity index (χ4n) is 1.76. The van der Waals surface area contributed by atoms with Crippen LogP contribution >= 0.6 is 0 Å². The van der Waals surface area contributed by atoms with Crippen molar-refractivity contribution in [2.75, 3.05) is 7.11 Å². The van der Waals surface area contributed by atoms with Crippen LogP contribution in [0.15, 0.2) is 48.7 Å². The van der Waals surface area contributed by atoms with Gasteiger partial charge in [-0.25, -0.2) is 0 Å². The molecule has 0 saturated carbocycles. The number of aromatic nitrogens is 1. The molecule has 0 spiro atoms. The largest absolute Gasteiger partial charge is 0.491 e. The molecule has 0 aliphatic heterocycles. The molecule has 2 rings (SSSR count). The summed E-state index contributed by atoms with van der Waals surface area (Å²) in [5.41, 5.74) is 1.76. The molecule has 0 radical (unpaired) electrons. The molecule has 0 saturated heterocycles. The number of methoxy groups -OCH3 is 1. The molecule has 1 aromatic carbocycles. The third-order valence-electron chi connectivity index (χ3n) is 2.87. The molecule has 0 aliphatic carbocycles. The summed E-state index contributed by atoms with van der Waals surface area (Å²) in [4.78, 5) is 12.1. The van der Waals surface area contributed by atoms with Crippen LogP contribution in [0.2, 0.25) is 0 Å². The highest BCUT2D eigenvalue weighted by Gasteiger charge is 2.15. The average molecular weight is 242 g/mol. The van der Waals surface area contributed by atoms with E-state index in [9.17, 15) is 4.79 Å². The Bertz CT molecular complexity index is 550. The number of ether oxygens (including phenoxy) is 1. The number of nitrogens with zero attached hydrogens (tertiary/aromatic N) is 1. The van der Waals surface area contributed by atoms with Crippen LogP contribution in [0.4, 0.5) is 0 Å². The molecule has 0 atom stereocenters. The van der Waals surface area contributed by atoms with Crippen LogP contribution in [-0.2, 0) is 6.54 Å². The van der Waals surface area contributed by atoms with Gasteiger partial charge in [0.05, 0.1) is 7.11 Å². The zero-order valence-corrected chi connectivity index (χ0v) is 10.6. The van der Waals surface area contributed by atoms with Crippen molar-refractivity contribution in [2.24, 2.45) is 0 Å². The van der Waals surface area contributed by atoms with E-state index >= 15 is 0 Å². The fourth-order valence-corrected chi connectivity index (χ4v) is 1.76. The lowest BCUT2D eigenvalue weighted by Crippen LogP contribution is -2.40. The summed E-state index contributed by atoms with van der Waals surface area (Å²) in [5.74, 6) is 0.846. The smallest absolute Gasteiger partial charge is 0.227 e. The minimum absolute atomic E-state index is 0.0944. The molecule has 0 amide bonds. The molecule has 0 unspecified atom stereocenters. The van der Waals surface area contributed by atoms with E-state index in [2.05, 4.69) is 0 Å². The predicted octanol–water partition coefficient (Wildman–Crippen LogP) is 2.17. The molecule has 0 aliphatic rings. The van der Waals surface area contributed by atoms with Gasteiger partial charge in [-0.15, -0.1) is 0 Å². The Morgan fingerprint density at radius 3 is 2.56 bits per heavy atom. The second-order valence-electron chi connectivity index (χ2n) is 4.13. The quantitative estimate of drug-likeness (QED) is 0.607. The first-order valence-corrected chi connectivity index (χ1v) is 5.83. The first-order valence-electron chi connectivity index (χ1n) is 5.83. The lowest BCUT2D eigenvalue weighted by molar-refractivity contribution is -0.689. The maximum atomic E-state index is 12.1. The molecule has 0 bridgehead atoms. The van der Waals surface area contributed by atoms with Gasteiger partial charge < -0.3 is 4.74 Å². The lowest BCUT2D eigenvalue weighted by Gasteiger charge is -2.03. The van der Waals surface area contributed by atoms with Crippen LogP contribution in [0, 0.1) is 6.92 Å². The van der Waals surface area contributed by atoms with Gasteiger partial charge in [-0.1, -0.05) is 30.3 Å². The van der Waals surface area contributed by atoms with Crippen molar-refractivity contribution in [1.82, 2.24) is 0 Å². The highest BCUT2D eigenvalue weighted by atomic mass is 16.5. The van der Waals surface area contributed by atoms with E-state index < -0.39 is 0 Å². The van der Waals surface area contributed by atoms with Crippen molar-refractivity contribution >= 4 is 5.78 Å². The van der Waals surface area contributed by atoms with E-state index in [0.717, 1.165) is 17.0 Å². The Hall–Kier alpha value is -2.16. The molecule has 0 fully saturated rings. The van der Waals surface area contributed by atoms with Crippen LogP contribution in [0.25, 0.3) is 0 Å². The molecule has 3 heteroatoms. The summed E-state index contributed by atoms with van der Waals surface area (Å²) in [5, 5.41) is 0. The molecular formula is C15H16NO2+. The zero-order valence-electron chi connectivity index (χ0n) is 10.6. The Morgan fingerprint density at radius 1 is 1.17 bits per heavy atom. The molecule has 92 valence electrons. The van der Waals surface area contributed by atoms with Crippen molar-refractivity contribution in [1.29, 1.82) is 0 Å². The van der Waals surface area contributed by atoms with E-state index in [1.165, 1.54) is 0 Å². The number of hydrogen-bond acceptors (Lipinski definition) is 2. The third-order valence-corrected chi connectivity index (χ3v) is 2.87. The summed E-state index contributed by atoms with van der Waals surface area (Å²) in [6.07, 6.45) is 1.84. The topological polar surface area (TPSA) is 30.2 Å². The second kappa shape index (κ2) is 5.45. The zero-order chi connectivity index (χ0) is 13.0. The monoisotopic (exact) mass is 242 g/mol. The summed E-state index contributed by atoms with van der Waals surface area (Å²) in [6, 6.07) is 13.1. The Balaban J connectivity index is 2.21. The van der Waals surface area contributed by atoms with Crippen molar-refractivity contribution in [3.8, 4) is 5.75 Å². The number of hydrogen-bond donors (Lipinski definition) is 0. The summed E-state index contributed by atoms with van der Waals surface area (Å²) in [7, 11) is 1.62. The number of carbonyl (C=O) groups excluding carboxylic acids is 1. The van der Waals surface area contributed by atoms with Gasteiger partial charge in [-0.05, 0) is 6.07 Å². The van der Waals surface area contributed by atoms with Gasteiger partial charge in [-0.2, -0.15) is 4.57 Å². The van der Waals surface area contributed by atoms with Gasteiger partial charge in [0.2, 0.25) is 18.5 Å². The van der Waals surface area contributed by atoms with Gasteiger partial charge >= 0.3 is 0 Å². The fraction of sp³-hybridized carbons (Fsp3) is 0.200. The number of aryl methyl sites for hydroxylation is 1. The Labute approximate surface area is 107 Å². The van der Waals surface area contributed by atoms with E-state index in [-0.39, 0.29) is 5.78 Å². The van der Waals surface area contributed by atoms with Crippen LogP contribution < -0.4 is 9.30 Å². The molecule has 18 heavy (non-hydrogen) atoms. The first kappa shape index (κ1) is 12.3. The Morgan fingerprint density at radius 2 is 1.89 bits per heavy atom. The number of rotatable bonds is 4. The SMILES string of the molecule is COc1ccc(C)[n+](CC(=O)c2ccccc2)c1.